The van der Waals surface area contributed by atoms with Crippen LogP contribution in [0.15, 0.2) is 53.6 Å². The predicted octanol–water partition coefficient (Wildman–Crippen LogP) is 6.50. The van der Waals surface area contributed by atoms with Gasteiger partial charge in [0.2, 0.25) is 6.79 Å². The van der Waals surface area contributed by atoms with Gasteiger partial charge in [0.15, 0.2) is 11.5 Å². The van der Waals surface area contributed by atoms with Crippen molar-refractivity contribution in [3.05, 3.63) is 65.0 Å². The molecule has 3 aliphatic heterocycles. The monoisotopic (exact) mass is 561 g/mol. The summed E-state index contributed by atoms with van der Waals surface area (Å²) in [6, 6.07) is 12.6. The average molecular weight is 562 g/mol. The lowest BCUT2D eigenvalue weighted by Gasteiger charge is -2.46. The number of hydrogen-bond donors (Lipinski definition) is 0. The zero-order valence-corrected chi connectivity index (χ0v) is 24.1. The SMILES string of the molecule is CC1=C2C[C@H]3[C@@H](C[C@@]2(C)CCC1)OC(=O)[C@@H]3CN1CC[C@@H](c2ccc(F)cc2)[C@H](COc2ccc3c(c2)OCO3)C1. The molecule has 5 aliphatic rings. The molecule has 0 aromatic heterocycles. The second-order valence-electron chi connectivity index (χ2n) is 13.1. The number of allylic oxidation sites excluding steroid dienone is 2. The fourth-order valence-corrected chi connectivity index (χ4v) is 8.36. The summed E-state index contributed by atoms with van der Waals surface area (Å²) in [5.74, 6) is 2.53. The van der Waals surface area contributed by atoms with Crippen LogP contribution in [0.2, 0.25) is 0 Å². The van der Waals surface area contributed by atoms with Gasteiger partial charge < -0.3 is 23.8 Å². The molecule has 2 aromatic carbocycles. The van der Waals surface area contributed by atoms with Crippen LogP contribution in [0.1, 0.15) is 63.9 Å². The maximum absolute atomic E-state index is 13.7. The minimum atomic E-state index is -0.222. The maximum Gasteiger partial charge on any atom is 0.310 e. The molecule has 7 rings (SSSR count). The number of likely N-dealkylation sites (tertiary alicyclic amines) is 1. The maximum atomic E-state index is 13.7. The molecule has 2 aromatic rings. The molecule has 0 radical (unpaired) electrons. The van der Waals surface area contributed by atoms with Crippen LogP contribution in [-0.2, 0) is 9.53 Å². The summed E-state index contributed by atoms with van der Waals surface area (Å²) in [6.45, 7) is 7.85. The Hall–Kier alpha value is -3.06. The van der Waals surface area contributed by atoms with Crippen LogP contribution in [0.25, 0.3) is 0 Å². The van der Waals surface area contributed by atoms with Gasteiger partial charge in [-0.1, -0.05) is 30.2 Å². The third-order valence-corrected chi connectivity index (χ3v) is 10.6. The first kappa shape index (κ1) is 26.8. The molecule has 2 saturated heterocycles. The second kappa shape index (κ2) is 10.6. The summed E-state index contributed by atoms with van der Waals surface area (Å²) in [6.07, 6.45) is 6.54. The van der Waals surface area contributed by atoms with Crippen molar-refractivity contribution in [3.8, 4) is 17.2 Å². The highest BCUT2D eigenvalue weighted by molar-refractivity contribution is 5.76. The molecule has 3 fully saturated rings. The Balaban J connectivity index is 1.07. The number of carbonyl (C=O) groups is 1. The van der Waals surface area contributed by atoms with Gasteiger partial charge in [0.05, 0.1) is 12.5 Å². The summed E-state index contributed by atoms with van der Waals surface area (Å²) >= 11 is 0. The number of nitrogens with zero attached hydrogens (tertiary/aromatic N) is 1. The van der Waals surface area contributed by atoms with Crippen LogP contribution < -0.4 is 14.2 Å². The van der Waals surface area contributed by atoms with Gasteiger partial charge >= 0.3 is 5.97 Å². The number of piperidine rings is 1. The van der Waals surface area contributed by atoms with Crippen LogP contribution in [-0.4, -0.2) is 50.0 Å². The van der Waals surface area contributed by atoms with E-state index in [9.17, 15) is 9.18 Å². The van der Waals surface area contributed by atoms with E-state index in [1.807, 2.05) is 30.3 Å². The molecule has 6 atom stereocenters. The van der Waals surface area contributed by atoms with E-state index in [4.69, 9.17) is 18.9 Å². The van der Waals surface area contributed by atoms with Crippen molar-refractivity contribution in [1.82, 2.24) is 4.90 Å². The Bertz CT molecular complexity index is 1340. The van der Waals surface area contributed by atoms with Crippen molar-refractivity contribution in [2.45, 2.75) is 64.4 Å². The van der Waals surface area contributed by atoms with Gasteiger partial charge in [0, 0.05) is 31.0 Å². The van der Waals surface area contributed by atoms with E-state index in [1.165, 1.54) is 24.8 Å². The molecule has 0 unspecified atom stereocenters. The van der Waals surface area contributed by atoms with Crippen molar-refractivity contribution < 1.29 is 28.1 Å². The summed E-state index contributed by atoms with van der Waals surface area (Å²) < 4.78 is 37.1. The first-order chi connectivity index (χ1) is 19.9. The summed E-state index contributed by atoms with van der Waals surface area (Å²) in [4.78, 5) is 15.7. The fourth-order valence-electron chi connectivity index (χ4n) is 8.36. The average Bonchev–Trinajstić information content (AvgIpc) is 3.54. The van der Waals surface area contributed by atoms with Crippen LogP contribution in [0.4, 0.5) is 4.39 Å². The number of hydrogen-bond acceptors (Lipinski definition) is 6. The van der Waals surface area contributed by atoms with Crippen LogP contribution in [0.5, 0.6) is 17.2 Å². The molecule has 6 nitrogen and oxygen atoms in total. The van der Waals surface area contributed by atoms with E-state index >= 15 is 0 Å². The topological polar surface area (TPSA) is 57.2 Å². The minimum Gasteiger partial charge on any atom is -0.493 e. The number of esters is 1. The highest BCUT2D eigenvalue weighted by atomic mass is 19.1. The van der Waals surface area contributed by atoms with Crippen molar-refractivity contribution in [1.29, 1.82) is 0 Å². The molecular weight excluding hydrogens is 521 g/mol. The molecule has 41 heavy (non-hydrogen) atoms. The Kier molecular flexibility index (Phi) is 6.96. The Morgan fingerprint density at radius 3 is 2.80 bits per heavy atom. The van der Waals surface area contributed by atoms with Crippen molar-refractivity contribution >= 4 is 5.97 Å². The zero-order chi connectivity index (χ0) is 28.1. The Morgan fingerprint density at radius 1 is 1.12 bits per heavy atom. The highest BCUT2D eigenvalue weighted by Crippen LogP contribution is 2.55. The molecule has 0 spiro atoms. The number of halogens is 1. The lowest BCUT2D eigenvalue weighted by Crippen LogP contribution is -2.46. The fraction of sp³-hybridized carbons (Fsp3) is 0.559. The van der Waals surface area contributed by atoms with Crippen molar-refractivity contribution in [2.75, 3.05) is 33.0 Å². The molecule has 1 saturated carbocycles. The van der Waals surface area contributed by atoms with E-state index in [-0.39, 0.29) is 53.8 Å². The molecule has 0 amide bonds. The molecule has 2 aliphatic carbocycles. The van der Waals surface area contributed by atoms with Gasteiger partial charge in [-0.2, -0.15) is 0 Å². The predicted molar refractivity (Wildman–Crippen MR) is 152 cm³/mol. The van der Waals surface area contributed by atoms with Gasteiger partial charge in [-0.15, -0.1) is 0 Å². The lowest BCUT2D eigenvalue weighted by atomic mass is 9.59. The summed E-state index contributed by atoms with van der Waals surface area (Å²) in [7, 11) is 0. The molecule has 7 heteroatoms. The first-order valence-electron chi connectivity index (χ1n) is 15.3. The minimum absolute atomic E-state index is 0.0192. The smallest absolute Gasteiger partial charge is 0.310 e. The summed E-state index contributed by atoms with van der Waals surface area (Å²) in [5.41, 5.74) is 4.45. The third kappa shape index (κ3) is 5.11. The molecule has 0 bridgehead atoms. The van der Waals surface area contributed by atoms with Crippen LogP contribution in [0, 0.1) is 29.0 Å². The van der Waals surface area contributed by atoms with E-state index in [0.717, 1.165) is 56.0 Å². The zero-order valence-electron chi connectivity index (χ0n) is 24.1. The van der Waals surface area contributed by atoms with Gasteiger partial charge in [-0.05, 0) is 93.2 Å². The highest BCUT2D eigenvalue weighted by Gasteiger charge is 2.53. The van der Waals surface area contributed by atoms with E-state index in [1.54, 1.807) is 17.7 Å². The largest absolute Gasteiger partial charge is 0.493 e. The number of fused-ring (bicyclic) bond motifs is 3. The van der Waals surface area contributed by atoms with Gasteiger partial charge in [-0.25, -0.2) is 4.39 Å². The standard InChI is InChI=1S/C34H40FNO5/c1-21-4-3-12-34(2)16-32-27(15-29(21)34)28(33(37)41-32)18-36-13-11-26(22-5-7-24(35)8-6-22)23(17-36)19-38-25-9-10-30-31(14-25)40-20-39-30/h5-10,14,23,26-28,32H,3-4,11-13,15-20H2,1-2H3/t23-,26-,27+,28+,32+,34+/m0/s1. The van der Waals surface area contributed by atoms with Gasteiger partial charge in [0.25, 0.3) is 0 Å². The summed E-state index contributed by atoms with van der Waals surface area (Å²) in [5, 5.41) is 0. The van der Waals surface area contributed by atoms with E-state index < -0.39 is 0 Å². The normalized spacial score (nSPS) is 32.9. The molecule has 0 N–H and O–H groups in total. The number of ether oxygens (including phenoxy) is 4. The van der Waals surface area contributed by atoms with Gasteiger partial charge in [0.1, 0.15) is 17.7 Å². The van der Waals surface area contributed by atoms with E-state index in [2.05, 4.69) is 18.7 Å². The third-order valence-electron chi connectivity index (χ3n) is 10.6. The van der Waals surface area contributed by atoms with Crippen LogP contribution >= 0.6 is 0 Å². The van der Waals surface area contributed by atoms with Crippen molar-refractivity contribution in [2.24, 2.45) is 23.2 Å². The number of carbonyl (C=O) groups excluding carboxylic acids is 1. The lowest BCUT2D eigenvalue weighted by molar-refractivity contribution is -0.145. The molecule has 3 heterocycles. The first-order valence-corrected chi connectivity index (χ1v) is 15.3. The van der Waals surface area contributed by atoms with E-state index in [0.29, 0.717) is 12.4 Å². The Morgan fingerprint density at radius 2 is 1.95 bits per heavy atom. The van der Waals surface area contributed by atoms with Gasteiger partial charge in [-0.3, -0.25) is 4.79 Å². The molecule has 218 valence electrons. The quantitative estimate of drug-likeness (QED) is 0.297. The van der Waals surface area contributed by atoms with Crippen LogP contribution in [0.3, 0.4) is 0 Å². The second-order valence-corrected chi connectivity index (χ2v) is 13.1. The Labute approximate surface area is 241 Å². The number of rotatable bonds is 6. The number of benzene rings is 2. The molecular formula is C34H40FNO5. The van der Waals surface area contributed by atoms with Crippen molar-refractivity contribution in [3.63, 3.8) is 0 Å².